The van der Waals surface area contributed by atoms with E-state index in [-0.39, 0.29) is 0 Å². The van der Waals surface area contributed by atoms with Crippen LogP contribution in [0.2, 0.25) is 0 Å². The molecule has 2 aliphatic rings. The summed E-state index contributed by atoms with van der Waals surface area (Å²) >= 11 is 0. The van der Waals surface area contributed by atoms with E-state index in [2.05, 4.69) is 29.0 Å². The minimum atomic E-state index is 0.764. The Bertz CT molecular complexity index is 243. The van der Waals surface area contributed by atoms with Crippen molar-refractivity contribution < 1.29 is 0 Å². The summed E-state index contributed by atoms with van der Waals surface area (Å²) in [4.78, 5) is 5.47. The highest BCUT2D eigenvalue weighted by Crippen LogP contribution is 2.19. The van der Waals surface area contributed by atoms with Gasteiger partial charge in [0.25, 0.3) is 0 Å². The van der Waals surface area contributed by atoms with Crippen molar-refractivity contribution in [3.63, 3.8) is 0 Å². The second-order valence-electron chi connectivity index (χ2n) is 6.71. The molecule has 0 aliphatic carbocycles. The Balaban J connectivity index is 1.79. The molecule has 0 amide bonds. The number of nitrogens with zero attached hydrogens (tertiary/aromatic N) is 2. The average molecular weight is 281 g/mol. The van der Waals surface area contributed by atoms with Crippen LogP contribution in [0.3, 0.4) is 0 Å². The maximum atomic E-state index is 3.68. The Hall–Kier alpha value is -0.120. The molecule has 2 saturated heterocycles. The van der Waals surface area contributed by atoms with Crippen molar-refractivity contribution in [2.45, 2.75) is 70.9 Å². The van der Waals surface area contributed by atoms with Crippen molar-refractivity contribution in [2.75, 3.05) is 39.3 Å². The summed E-state index contributed by atoms with van der Waals surface area (Å²) in [6.45, 7) is 12.4. The molecule has 0 aromatic heterocycles. The molecule has 3 heteroatoms. The van der Waals surface area contributed by atoms with E-state index >= 15 is 0 Å². The van der Waals surface area contributed by atoms with E-state index in [1.54, 1.807) is 0 Å². The monoisotopic (exact) mass is 281 g/mol. The molecule has 0 radical (unpaired) electrons. The lowest BCUT2D eigenvalue weighted by Gasteiger charge is -2.39. The first-order valence-electron chi connectivity index (χ1n) is 9.03. The molecule has 0 saturated carbocycles. The zero-order valence-corrected chi connectivity index (χ0v) is 13.7. The van der Waals surface area contributed by atoms with Crippen molar-refractivity contribution in [1.82, 2.24) is 15.1 Å². The van der Waals surface area contributed by atoms with E-state index in [1.165, 1.54) is 84.2 Å². The molecule has 0 spiro atoms. The van der Waals surface area contributed by atoms with Crippen LogP contribution in [0, 0.1) is 0 Å². The number of nitrogens with one attached hydrogen (secondary N) is 1. The maximum absolute atomic E-state index is 3.68. The number of hydrogen-bond donors (Lipinski definition) is 1. The molecule has 0 aromatic carbocycles. The number of piperidine rings is 1. The van der Waals surface area contributed by atoms with Gasteiger partial charge in [-0.05, 0) is 71.2 Å². The molecule has 2 heterocycles. The summed E-state index contributed by atoms with van der Waals surface area (Å²) in [6, 6.07) is 1.61. The fraction of sp³-hybridized carbons (Fsp3) is 1.00. The van der Waals surface area contributed by atoms with Gasteiger partial charge in [0.05, 0.1) is 0 Å². The zero-order chi connectivity index (χ0) is 14.2. The fourth-order valence-electron chi connectivity index (χ4n) is 3.80. The third kappa shape index (κ3) is 5.01. The molecule has 1 unspecified atom stereocenters. The van der Waals surface area contributed by atoms with Gasteiger partial charge in [0.2, 0.25) is 0 Å². The van der Waals surface area contributed by atoms with Gasteiger partial charge in [-0.2, -0.15) is 0 Å². The molecular formula is C17H35N3. The number of likely N-dealkylation sites (tertiary alicyclic amines) is 1. The van der Waals surface area contributed by atoms with Crippen molar-refractivity contribution in [2.24, 2.45) is 0 Å². The lowest BCUT2D eigenvalue weighted by Crippen LogP contribution is -2.49. The summed E-state index contributed by atoms with van der Waals surface area (Å²) < 4.78 is 0. The molecule has 0 aromatic rings. The summed E-state index contributed by atoms with van der Waals surface area (Å²) in [5.41, 5.74) is 0. The van der Waals surface area contributed by atoms with E-state index < -0.39 is 0 Å². The minimum absolute atomic E-state index is 0.764. The van der Waals surface area contributed by atoms with Crippen molar-refractivity contribution in [3.8, 4) is 0 Å². The van der Waals surface area contributed by atoms with Crippen LogP contribution in [0.5, 0.6) is 0 Å². The van der Waals surface area contributed by atoms with Crippen LogP contribution in [-0.2, 0) is 0 Å². The van der Waals surface area contributed by atoms with Crippen LogP contribution in [0.1, 0.15) is 58.8 Å². The van der Waals surface area contributed by atoms with Crippen LogP contribution in [-0.4, -0.2) is 61.2 Å². The first-order valence-corrected chi connectivity index (χ1v) is 9.03. The highest BCUT2D eigenvalue weighted by Gasteiger charge is 2.26. The summed E-state index contributed by atoms with van der Waals surface area (Å²) in [5, 5.41) is 3.68. The lowest BCUT2D eigenvalue weighted by atomic mass is 10.0. The Morgan fingerprint density at radius 3 is 2.50 bits per heavy atom. The SMILES string of the molecule is CCCCN(CC1CCCN1)C1CCN(CCC)CC1. The predicted molar refractivity (Wildman–Crippen MR) is 87.3 cm³/mol. The van der Waals surface area contributed by atoms with E-state index in [0.717, 1.165) is 12.1 Å². The van der Waals surface area contributed by atoms with Gasteiger partial charge in [-0.25, -0.2) is 0 Å². The van der Waals surface area contributed by atoms with Crippen LogP contribution in [0.25, 0.3) is 0 Å². The van der Waals surface area contributed by atoms with E-state index in [1.807, 2.05) is 0 Å². The Labute approximate surface area is 126 Å². The largest absolute Gasteiger partial charge is 0.313 e. The molecule has 1 N–H and O–H groups in total. The smallest absolute Gasteiger partial charge is 0.0195 e. The molecule has 1 atom stereocenters. The third-order valence-corrected chi connectivity index (χ3v) is 5.03. The number of rotatable bonds is 8. The Morgan fingerprint density at radius 2 is 1.90 bits per heavy atom. The van der Waals surface area contributed by atoms with Gasteiger partial charge in [0.15, 0.2) is 0 Å². The van der Waals surface area contributed by atoms with Crippen LogP contribution < -0.4 is 5.32 Å². The minimum Gasteiger partial charge on any atom is -0.313 e. The molecule has 0 bridgehead atoms. The summed E-state index contributed by atoms with van der Waals surface area (Å²) in [6.07, 6.45) is 9.52. The normalized spacial score (nSPS) is 25.6. The van der Waals surface area contributed by atoms with Crippen LogP contribution in [0.15, 0.2) is 0 Å². The van der Waals surface area contributed by atoms with Gasteiger partial charge in [0, 0.05) is 18.6 Å². The lowest BCUT2D eigenvalue weighted by molar-refractivity contribution is 0.0998. The zero-order valence-electron chi connectivity index (χ0n) is 13.7. The second kappa shape index (κ2) is 9.01. The molecule has 3 nitrogen and oxygen atoms in total. The summed E-state index contributed by atoms with van der Waals surface area (Å²) in [5.74, 6) is 0. The molecule has 2 aliphatic heterocycles. The van der Waals surface area contributed by atoms with Gasteiger partial charge in [0.1, 0.15) is 0 Å². The molecule has 2 rings (SSSR count). The highest BCUT2D eigenvalue weighted by atomic mass is 15.2. The third-order valence-electron chi connectivity index (χ3n) is 5.03. The maximum Gasteiger partial charge on any atom is 0.0195 e. The van der Waals surface area contributed by atoms with Gasteiger partial charge in [-0.1, -0.05) is 20.3 Å². The number of unbranched alkanes of at least 4 members (excludes halogenated alkanes) is 1. The summed E-state index contributed by atoms with van der Waals surface area (Å²) in [7, 11) is 0. The Kier molecular flexibility index (Phi) is 7.32. The van der Waals surface area contributed by atoms with Gasteiger partial charge in [-0.3, -0.25) is 4.90 Å². The topological polar surface area (TPSA) is 18.5 Å². The average Bonchev–Trinajstić information content (AvgIpc) is 2.98. The van der Waals surface area contributed by atoms with Gasteiger partial charge >= 0.3 is 0 Å². The molecule has 2 fully saturated rings. The standard InChI is InChI=1S/C17H35N3/c1-3-5-12-20(15-16-7-6-10-18-16)17-8-13-19(11-4-2)14-9-17/h16-18H,3-15H2,1-2H3. The van der Waals surface area contributed by atoms with E-state index in [0.29, 0.717) is 0 Å². The fourth-order valence-corrected chi connectivity index (χ4v) is 3.80. The quantitative estimate of drug-likeness (QED) is 0.738. The number of hydrogen-bond acceptors (Lipinski definition) is 3. The van der Waals surface area contributed by atoms with Crippen molar-refractivity contribution in [3.05, 3.63) is 0 Å². The molecule has 118 valence electrons. The first-order chi connectivity index (χ1) is 9.83. The molecule has 20 heavy (non-hydrogen) atoms. The van der Waals surface area contributed by atoms with Crippen molar-refractivity contribution in [1.29, 1.82) is 0 Å². The van der Waals surface area contributed by atoms with Crippen LogP contribution >= 0.6 is 0 Å². The highest BCUT2D eigenvalue weighted by molar-refractivity contribution is 4.84. The first kappa shape index (κ1) is 16.3. The van der Waals surface area contributed by atoms with Crippen molar-refractivity contribution >= 4 is 0 Å². The van der Waals surface area contributed by atoms with E-state index in [4.69, 9.17) is 0 Å². The predicted octanol–water partition coefficient (Wildman–Crippen LogP) is 2.71. The van der Waals surface area contributed by atoms with Gasteiger partial charge < -0.3 is 10.2 Å². The molecular weight excluding hydrogens is 246 g/mol. The second-order valence-corrected chi connectivity index (χ2v) is 6.71. The van der Waals surface area contributed by atoms with Gasteiger partial charge in [-0.15, -0.1) is 0 Å². The Morgan fingerprint density at radius 1 is 1.10 bits per heavy atom. The van der Waals surface area contributed by atoms with Crippen LogP contribution in [0.4, 0.5) is 0 Å². The van der Waals surface area contributed by atoms with E-state index in [9.17, 15) is 0 Å².